The number of fused-ring (bicyclic) bond motifs is 1. The number of rotatable bonds is 3. The first kappa shape index (κ1) is 17.4. The van der Waals surface area contributed by atoms with Gasteiger partial charge in [-0.3, -0.25) is 14.9 Å². The van der Waals surface area contributed by atoms with Crippen molar-refractivity contribution < 1.29 is 4.92 Å². The molecule has 1 aliphatic rings. The molecule has 0 unspecified atom stereocenters. The van der Waals surface area contributed by atoms with Gasteiger partial charge in [-0.2, -0.15) is 5.26 Å². The number of nitrogens with one attached hydrogen (secondary N) is 1. The topological polar surface area (TPSA) is 132 Å². The molecule has 1 aliphatic heterocycles. The number of pyridine rings is 1. The van der Waals surface area contributed by atoms with Gasteiger partial charge in [-0.25, -0.2) is 9.97 Å². The molecule has 140 valence electrons. The fourth-order valence-corrected chi connectivity index (χ4v) is 3.39. The van der Waals surface area contributed by atoms with Crippen molar-refractivity contribution in [2.75, 3.05) is 36.0 Å². The molecule has 1 saturated heterocycles. The normalized spacial score (nSPS) is 14.1. The number of piperazine rings is 1. The van der Waals surface area contributed by atoms with Gasteiger partial charge < -0.3 is 14.8 Å². The second-order valence-corrected chi connectivity index (χ2v) is 6.31. The number of nitro groups is 1. The van der Waals surface area contributed by atoms with Gasteiger partial charge in [-0.05, 0) is 18.2 Å². The van der Waals surface area contributed by atoms with Crippen molar-refractivity contribution in [1.82, 2.24) is 15.0 Å². The summed E-state index contributed by atoms with van der Waals surface area (Å²) < 4.78 is 0. The SMILES string of the molecule is N#Cc1cccnc1N1CCN(c2cc3nc[nH]c(=O)c3cc2[N+](=O)[O-])CC1. The lowest BCUT2D eigenvalue weighted by molar-refractivity contribution is -0.384. The smallest absolute Gasteiger partial charge is 0.293 e. The molecule has 3 heterocycles. The van der Waals surface area contributed by atoms with Crippen molar-refractivity contribution in [2.45, 2.75) is 0 Å². The summed E-state index contributed by atoms with van der Waals surface area (Å²) in [5.41, 5.74) is 0.787. The van der Waals surface area contributed by atoms with Crippen LogP contribution in [0.3, 0.4) is 0 Å². The van der Waals surface area contributed by atoms with Crippen molar-refractivity contribution in [3.05, 3.63) is 62.8 Å². The van der Waals surface area contributed by atoms with Crippen LogP contribution in [0.2, 0.25) is 0 Å². The predicted octanol–water partition coefficient (Wildman–Crippen LogP) is 1.42. The third-order valence-electron chi connectivity index (χ3n) is 4.76. The summed E-state index contributed by atoms with van der Waals surface area (Å²) in [4.78, 5) is 37.8. The highest BCUT2D eigenvalue weighted by Crippen LogP contribution is 2.32. The fraction of sp³-hybridized carbons (Fsp3) is 0.222. The van der Waals surface area contributed by atoms with Gasteiger partial charge in [-0.15, -0.1) is 0 Å². The molecule has 0 aliphatic carbocycles. The van der Waals surface area contributed by atoms with E-state index in [4.69, 9.17) is 0 Å². The summed E-state index contributed by atoms with van der Waals surface area (Å²) in [5.74, 6) is 0.617. The monoisotopic (exact) mass is 377 g/mol. The number of aromatic nitrogens is 3. The fourth-order valence-electron chi connectivity index (χ4n) is 3.39. The summed E-state index contributed by atoms with van der Waals surface area (Å²) in [6, 6.07) is 8.42. The molecule has 3 aromatic rings. The van der Waals surface area contributed by atoms with Crippen molar-refractivity contribution in [3.63, 3.8) is 0 Å². The third kappa shape index (κ3) is 2.99. The number of nitrogens with zero attached hydrogens (tertiary/aromatic N) is 6. The van der Waals surface area contributed by atoms with Crippen LogP contribution in [0.25, 0.3) is 10.9 Å². The second kappa shape index (κ2) is 6.96. The Labute approximate surface area is 158 Å². The van der Waals surface area contributed by atoms with Crippen molar-refractivity contribution in [1.29, 1.82) is 5.26 Å². The number of hydrogen-bond acceptors (Lipinski definition) is 8. The predicted molar refractivity (Wildman–Crippen MR) is 102 cm³/mol. The van der Waals surface area contributed by atoms with Crippen LogP contribution in [0.1, 0.15) is 5.56 Å². The van der Waals surface area contributed by atoms with Crippen molar-refractivity contribution >= 4 is 28.1 Å². The van der Waals surface area contributed by atoms with Gasteiger partial charge in [0.25, 0.3) is 11.2 Å². The molecule has 4 rings (SSSR count). The molecule has 28 heavy (non-hydrogen) atoms. The van der Waals surface area contributed by atoms with E-state index in [9.17, 15) is 20.2 Å². The van der Waals surface area contributed by atoms with Gasteiger partial charge >= 0.3 is 0 Å². The molecule has 2 aromatic heterocycles. The number of aromatic amines is 1. The summed E-state index contributed by atoms with van der Waals surface area (Å²) in [6.07, 6.45) is 2.92. The van der Waals surface area contributed by atoms with Crippen LogP contribution in [0, 0.1) is 21.4 Å². The first-order chi connectivity index (χ1) is 13.6. The Morgan fingerprint density at radius 1 is 1.18 bits per heavy atom. The lowest BCUT2D eigenvalue weighted by atomic mass is 10.1. The number of nitro benzene ring substituents is 1. The lowest BCUT2D eigenvalue weighted by Gasteiger charge is -2.36. The summed E-state index contributed by atoms with van der Waals surface area (Å²) in [6.45, 7) is 2.14. The minimum atomic E-state index is -0.486. The van der Waals surface area contributed by atoms with Crippen LogP contribution in [0.15, 0.2) is 41.6 Å². The average molecular weight is 377 g/mol. The molecule has 10 nitrogen and oxygen atoms in total. The Kier molecular flexibility index (Phi) is 4.33. The van der Waals surface area contributed by atoms with E-state index in [1.807, 2.05) is 9.80 Å². The minimum Gasteiger partial charge on any atom is -0.362 e. The maximum Gasteiger partial charge on any atom is 0.293 e. The summed E-state index contributed by atoms with van der Waals surface area (Å²) >= 11 is 0. The quantitative estimate of drug-likeness (QED) is 0.535. The largest absolute Gasteiger partial charge is 0.362 e. The molecule has 0 bridgehead atoms. The molecule has 0 radical (unpaired) electrons. The maximum absolute atomic E-state index is 11.9. The Morgan fingerprint density at radius 2 is 1.93 bits per heavy atom. The molecule has 0 spiro atoms. The molecule has 1 N–H and O–H groups in total. The van der Waals surface area contributed by atoms with Gasteiger partial charge in [0.05, 0.1) is 27.7 Å². The highest BCUT2D eigenvalue weighted by molar-refractivity contribution is 5.87. The molecular weight excluding hydrogens is 362 g/mol. The highest BCUT2D eigenvalue weighted by Gasteiger charge is 2.26. The lowest BCUT2D eigenvalue weighted by Crippen LogP contribution is -2.47. The van der Waals surface area contributed by atoms with E-state index in [0.717, 1.165) is 0 Å². The van der Waals surface area contributed by atoms with Crippen LogP contribution in [0.5, 0.6) is 0 Å². The molecule has 0 atom stereocenters. The van der Waals surface area contributed by atoms with Gasteiger partial charge in [-0.1, -0.05) is 0 Å². The number of benzene rings is 1. The molecule has 1 aromatic carbocycles. The van der Waals surface area contributed by atoms with Gasteiger partial charge in [0, 0.05) is 38.4 Å². The van der Waals surface area contributed by atoms with E-state index < -0.39 is 10.5 Å². The molecular formula is C18H15N7O3. The van der Waals surface area contributed by atoms with E-state index in [1.54, 1.807) is 24.4 Å². The molecule has 0 saturated carbocycles. The van der Waals surface area contributed by atoms with E-state index >= 15 is 0 Å². The zero-order chi connectivity index (χ0) is 19.7. The number of nitriles is 1. The Balaban J connectivity index is 1.65. The van der Waals surface area contributed by atoms with Crippen LogP contribution < -0.4 is 15.4 Å². The number of anilines is 2. The van der Waals surface area contributed by atoms with Crippen LogP contribution in [-0.2, 0) is 0 Å². The van der Waals surface area contributed by atoms with Crippen LogP contribution in [-0.4, -0.2) is 46.1 Å². The summed E-state index contributed by atoms with van der Waals surface area (Å²) in [7, 11) is 0. The highest BCUT2D eigenvalue weighted by atomic mass is 16.6. The van der Waals surface area contributed by atoms with E-state index in [-0.39, 0.29) is 11.1 Å². The zero-order valence-electron chi connectivity index (χ0n) is 14.7. The number of hydrogen-bond donors (Lipinski definition) is 1. The van der Waals surface area contributed by atoms with Crippen LogP contribution >= 0.6 is 0 Å². The third-order valence-corrected chi connectivity index (χ3v) is 4.76. The first-order valence-corrected chi connectivity index (χ1v) is 8.59. The van der Waals surface area contributed by atoms with E-state index in [0.29, 0.717) is 48.8 Å². The standard InChI is InChI=1S/C18H15N7O3/c19-10-12-2-1-3-20-17(12)24-6-4-23(5-7-24)15-9-14-13(8-16(15)25(27)28)18(26)22-11-21-14/h1-3,8-9,11H,4-7H2,(H,21,22,26). The van der Waals surface area contributed by atoms with E-state index in [2.05, 4.69) is 21.0 Å². The van der Waals surface area contributed by atoms with Gasteiger partial charge in [0.15, 0.2) is 0 Å². The molecule has 1 fully saturated rings. The Morgan fingerprint density at radius 3 is 2.64 bits per heavy atom. The zero-order valence-corrected chi connectivity index (χ0v) is 14.7. The van der Waals surface area contributed by atoms with Crippen molar-refractivity contribution in [2.24, 2.45) is 0 Å². The molecule has 0 amide bonds. The summed E-state index contributed by atoms with van der Waals surface area (Å²) in [5, 5.41) is 21.0. The second-order valence-electron chi connectivity index (χ2n) is 6.31. The van der Waals surface area contributed by atoms with Crippen LogP contribution in [0.4, 0.5) is 17.2 Å². The maximum atomic E-state index is 11.9. The number of H-pyrrole nitrogens is 1. The minimum absolute atomic E-state index is 0.130. The Bertz CT molecular complexity index is 1160. The average Bonchev–Trinajstić information content (AvgIpc) is 2.73. The van der Waals surface area contributed by atoms with E-state index in [1.165, 1.54) is 12.4 Å². The first-order valence-electron chi connectivity index (χ1n) is 8.59. The van der Waals surface area contributed by atoms with Gasteiger partial charge in [0.1, 0.15) is 17.6 Å². The van der Waals surface area contributed by atoms with Crippen molar-refractivity contribution in [3.8, 4) is 6.07 Å². The Hall–Kier alpha value is -4.00. The molecule has 10 heteroatoms. The van der Waals surface area contributed by atoms with Gasteiger partial charge in [0.2, 0.25) is 0 Å².